The van der Waals surface area contributed by atoms with Crippen molar-refractivity contribution in [1.82, 2.24) is 15.3 Å². The first kappa shape index (κ1) is 17.0. The molecule has 0 aliphatic heterocycles. The molecule has 1 unspecified atom stereocenters. The van der Waals surface area contributed by atoms with Gasteiger partial charge in [0.1, 0.15) is 5.82 Å². The Bertz CT molecular complexity index is 575. The minimum absolute atomic E-state index is 0.0166. The van der Waals surface area contributed by atoms with Gasteiger partial charge in [0.15, 0.2) is 9.84 Å². The van der Waals surface area contributed by atoms with Gasteiger partial charge in [-0.15, -0.1) is 0 Å². The van der Waals surface area contributed by atoms with Gasteiger partial charge in [0.25, 0.3) is 0 Å². The van der Waals surface area contributed by atoms with Crippen molar-refractivity contribution in [2.75, 3.05) is 5.75 Å². The van der Waals surface area contributed by atoms with Crippen molar-refractivity contribution in [1.29, 1.82) is 0 Å². The van der Waals surface area contributed by atoms with Gasteiger partial charge in [-0.25, -0.2) is 13.4 Å². The smallest absolute Gasteiger partial charge is 0.221 e. The Morgan fingerprint density at radius 3 is 2.64 bits per heavy atom. The zero-order valence-corrected chi connectivity index (χ0v) is 14.0. The average Bonchev–Trinajstić information content (AvgIpc) is 3.14. The molecule has 2 rings (SSSR count). The molecular formula is C15H25N3O3S. The second-order valence-electron chi connectivity index (χ2n) is 6.29. The Kier molecular flexibility index (Phi) is 5.61. The highest BCUT2D eigenvalue weighted by molar-refractivity contribution is 7.92. The van der Waals surface area contributed by atoms with E-state index in [2.05, 4.69) is 15.3 Å². The summed E-state index contributed by atoms with van der Waals surface area (Å²) in [6, 6.07) is -0.225. The summed E-state index contributed by atoms with van der Waals surface area (Å²) >= 11 is 0. The van der Waals surface area contributed by atoms with Gasteiger partial charge in [0.2, 0.25) is 5.91 Å². The Labute approximate surface area is 132 Å². The molecule has 7 heteroatoms. The Balaban J connectivity index is 1.89. The Hall–Kier alpha value is -1.37. The number of nitrogens with zero attached hydrogens (tertiary/aromatic N) is 1. The summed E-state index contributed by atoms with van der Waals surface area (Å²) in [7, 11) is -3.15. The predicted octanol–water partition coefficient (Wildman–Crippen LogP) is 1.97. The van der Waals surface area contributed by atoms with Crippen molar-refractivity contribution in [3.05, 3.63) is 18.2 Å². The van der Waals surface area contributed by atoms with Crippen molar-refractivity contribution >= 4 is 15.7 Å². The van der Waals surface area contributed by atoms with E-state index in [0.29, 0.717) is 5.82 Å². The number of amides is 1. The van der Waals surface area contributed by atoms with Crippen molar-refractivity contribution < 1.29 is 13.2 Å². The fourth-order valence-corrected chi connectivity index (χ4v) is 4.75. The van der Waals surface area contributed by atoms with E-state index in [4.69, 9.17) is 0 Å². The Morgan fingerprint density at radius 2 is 2.09 bits per heavy atom. The fourth-order valence-electron chi connectivity index (χ4n) is 2.89. The molecule has 124 valence electrons. The molecule has 1 aromatic rings. The molecule has 1 fully saturated rings. The molecule has 2 N–H and O–H groups in total. The van der Waals surface area contributed by atoms with E-state index in [1.54, 1.807) is 12.4 Å². The maximum Gasteiger partial charge on any atom is 0.221 e. The number of hydrogen-bond donors (Lipinski definition) is 2. The summed E-state index contributed by atoms with van der Waals surface area (Å²) in [4.78, 5) is 19.3. The number of aromatic nitrogens is 2. The lowest BCUT2D eigenvalue weighted by Crippen LogP contribution is -2.34. The molecule has 1 aromatic heterocycles. The minimum atomic E-state index is -3.15. The van der Waals surface area contributed by atoms with Crippen LogP contribution in [0.15, 0.2) is 12.4 Å². The molecule has 0 radical (unpaired) electrons. The van der Waals surface area contributed by atoms with E-state index < -0.39 is 9.84 Å². The highest BCUT2D eigenvalue weighted by Gasteiger charge is 2.29. The number of imidazole rings is 1. The highest BCUT2D eigenvalue weighted by Crippen LogP contribution is 2.25. The molecule has 1 heterocycles. The second kappa shape index (κ2) is 7.26. The second-order valence-corrected chi connectivity index (χ2v) is 8.69. The monoisotopic (exact) mass is 327 g/mol. The van der Waals surface area contributed by atoms with Crippen LogP contribution in [0.4, 0.5) is 0 Å². The first-order valence-corrected chi connectivity index (χ1v) is 9.62. The number of H-pyrrole nitrogens is 1. The molecule has 1 aliphatic carbocycles. The summed E-state index contributed by atoms with van der Waals surface area (Å²) < 4.78 is 24.4. The largest absolute Gasteiger partial charge is 0.347 e. The third-order valence-corrected chi connectivity index (χ3v) is 6.48. The molecule has 1 aliphatic rings. The maximum atomic E-state index is 12.2. The van der Waals surface area contributed by atoms with Crippen LogP contribution in [0, 0.1) is 5.92 Å². The van der Waals surface area contributed by atoms with Crippen LogP contribution in [0.25, 0.3) is 0 Å². The summed E-state index contributed by atoms with van der Waals surface area (Å²) in [5, 5.41) is 2.64. The zero-order chi connectivity index (χ0) is 16.2. The van der Waals surface area contributed by atoms with Crippen LogP contribution in [-0.4, -0.2) is 35.3 Å². The molecule has 0 spiro atoms. The molecule has 0 saturated heterocycles. The SMILES string of the molecule is CC(C)C(NC(=O)CCS(=O)(=O)C1CCCC1)c1ncc[nH]1. The third kappa shape index (κ3) is 4.32. The lowest BCUT2D eigenvalue weighted by molar-refractivity contribution is -0.121. The van der Waals surface area contributed by atoms with E-state index in [1.165, 1.54) is 0 Å². The summed E-state index contributed by atoms with van der Waals surface area (Å²) in [5.74, 6) is 0.562. The van der Waals surface area contributed by atoms with E-state index in [9.17, 15) is 13.2 Å². The number of carbonyl (C=O) groups excluding carboxylic acids is 1. The molecule has 1 atom stereocenters. The lowest BCUT2D eigenvalue weighted by Gasteiger charge is -2.20. The summed E-state index contributed by atoms with van der Waals surface area (Å²) in [6.07, 6.45) is 6.80. The summed E-state index contributed by atoms with van der Waals surface area (Å²) in [6.45, 7) is 3.98. The van der Waals surface area contributed by atoms with Gasteiger partial charge in [-0.3, -0.25) is 4.79 Å². The molecule has 0 bridgehead atoms. The number of hydrogen-bond acceptors (Lipinski definition) is 4. The van der Waals surface area contributed by atoms with E-state index in [0.717, 1.165) is 25.7 Å². The molecule has 1 saturated carbocycles. The van der Waals surface area contributed by atoms with Crippen LogP contribution in [-0.2, 0) is 14.6 Å². The van der Waals surface area contributed by atoms with Crippen LogP contribution in [0.2, 0.25) is 0 Å². The topological polar surface area (TPSA) is 91.9 Å². The van der Waals surface area contributed by atoms with Gasteiger partial charge in [-0.2, -0.15) is 0 Å². The van der Waals surface area contributed by atoms with E-state index in [-0.39, 0.29) is 35.3 Å². The fraction of sp³-hybridized carbons (Fsp3) is 0.733. The molecule has 22 heavy (non-hydrogen) atoms. The summed E-state index contributed by atoms with van der Waals surface area (Å²) in [5.41, 5.74) is 0. The molecule has 1 amide bonds. The third-order valence-electron chi connectivity index (χ3n) is 4.22. The van der Waals surface area contributed by atoms with Crippen molar-refractivity contribution in [3.63, 3.8) is 0 Å². The van der Waals surface area contributed by atoms with Crippen LogP contribution in [0.5, 0.6) is 0 Å². The number of aromatic amines is 1. The number of rotatable bonds is 7. The van der Waals surface area contributed by atoms with Crippen LogP contribution in [0.1, 0.15) is 57.8 Å². The standard InChI is InChI=1S/C15H25N3O3S/c1-11(2)14(15-16-8-9-17-15)18-13(19)7-10-22(20,21)12-5-3-4-6-12/h8-9,11-12,14H,3-7,10H2,1-2H3,(H,16,17)(H,18,19). The maximum absolute atomic E-state index is 12.2. The van der Waals surface area contributed by atoms with Gasteiger partial charge in [0.05, 0.1) is 17.0 Å². The van der Waals surface area contributed by atoms with Gasteiger partial charge in [-0.05, 0) is 18.8 Å². The number of carbonyl (C=O) groups is 1. The first-order chi connectivity index (χ1) is 10.4. The number of nitrogens with one attached hydrogen (secondary N) is 2. The first-order valence-electron chi connectivity index (χ1n) is 7.90. The normalized spacial score (nSPS) is 17.8. The zero-order valence-electron chi connectivity index (χ0n) is 13.2. The molecule has 0 aromatic carbocycles. The van der Waals surface area contributed by atoms with Gasteiger partial charge in [-0.1, -0.05) is 26.7 Å². The molecule has 6 nitrogen and oxygen atoms in total. The lowest BCUT2D eigenvalue weighted by atomic mass is 10.0. The van der Waals surface area contributed by atoms with Gasteiger partial charge >= 0.3 is 0 Å². The minimum Gasteiger partial charge on any atom is -0.347 e. The van der Waals surface area contributed by atoms with E-state index >= 15 is 0 Å². The van der Waals surface area contributed by atoms with Crippen LogP contribution in [0.3, 0.4) is 0 Å². The van der Waals surface area contributed by atoms with Gasteiger partial charge < -0.3 is 10.3 Å². The van der Waals surface area contributed by atoms with Crippen molar-refractivity contribution in [2.45, 2.75) is 57.2 Å². The predicted molar refractivity (Wildman–Crippen MR) is 85.0 cm³/mol. The quantitative estimate of drug-likeness (QED) is 0.801. The van der Waals surface area contributed by atoms with Crippen LogP contribution >= 0.6 is 0 Å². The van der Waals surface area contributed by atoms with Crippen molar-refractivity contribution in [2.24, 2.45) is 5.92 Å². The van der Waals surface area contributed by atoms with Gasteiger partial charge in [0, 0.05) is 18.8 Å². The van der Waals surface area contributed by atoms with E-state index in [1.807, 2.05) is 13.8 Å². The van der Waals surface area contributed by atoms with Crippen LogP contribution < -0.4 is 5.32 Å². The molecular weight excluding hydrogens is 302 g/mol. The van der Waals surface area contributed by atoms with Crippen molar-refractivity contribution in [3.8, 4) is 0 Å². The average molecular weight is 327 g/mol. The highest BCUT2D eigenvalue weighted by atomic mass is 32.2. The Morgan fingerprint density at radius 1 is 1.41 bits per heavy atom. The number of sulfone groups is 1.